The zero-order valence-corrected chi connectivity index (χ0v) is 13.9. The summed E-state index contributed by atoms with van der Waals surface area (Å²) in [6.45, 7) is 1.98. The van der Waals surface area contributed by atoms with Crippen molar-refractivity contribution in [1.82, 2.24) is 9.97 Å². The van der Waals surface area contributed by atoms with Crippen LogP contribution in [0.2, 0.25) is 0 Å². The molecule has 0 aliphatic carbocycles. The highest BCUT2D eigenvalue weighted by atomic mass is 32.2. The highest BCUT2D eigenvalue weighted by Crippen LogP contribution is 2.26. The Balaban J connectivity index is 1.70. The fourth-order valence-electron chi connectivity index (χ4n) is 2.49. The zero-order chi connectivity index (χ0) is 15.8. The van der Waals surface area contributed by atoms with Crippen LogP contribution >= 0.6 is 11.3 Å². The number of benzene rings is 2. The molecule has 0 amide bonds. The van der Waals surface area contributed by atoms with Crippen LogP contribution in [-0.2, 0) is 11.0 Å². The quantitative estimate of drug-likeness (QED) is 0.606. The van der Waals surface area contributed by atoms with Crippen molar-refractivity contribution in [3.8, 4) is 0 Å². The van der Waals surface area contributed by atoms with Crippen LogP contribution in [0.4, 0.5) is 5.69 Å². The van der Waals surface area contributed by atoms with E-state index in [4.69, 9.17) is 0 Å². The van der Waals surface area contributed by atoms with Crippen LogP contribution in [0.5, 0.6) is 0 Å². The average Bonchev–Trinajstić information content (AvgIpc) is 2.93. The van der Waals surface area contributed by atoms with E-state index >= 15 is 0 Å². The van der Waals surface area contributed by atoms with Crippen molar-refractivity contribution in [2.75, 3.05) is 4.72 Å². The number of nitrogens with one attached hydrogen (secondary N) is 1. The van der Waals surface area contributed by atoms with Crippen molar-refractivity contribution >= 4 is 49.1 Å². The summed E-state index contributed by atoms with van der Waals surface area (Å²) >= 11 is 1.65. The van der Waals surface area contributed by atoms with Crippen molar-refractivity contribution in [2.24, 2.45) is 0 Å². The van der Waals surface area contributed by atoms with Gasteiger partial charge in [0.25, 0.3) is 0 Å². The first-order valence-corrected chi connectivity index (χ1v) is 9.07. The molecule has 0 aliphatic heterocycles. The van der Waals surface area contributed by atoms with E-state index in [2.05, 4.69) is 14.7 Å². The van der Waals surface area contributed by atoms with E-state index in [-0.39, 0.29) is 0 Å². The van der Waals surface area contributed by atoms with Gasteiger partial charge in [0.15, 0.2) is 11.0 Å². The third-order valence-electron chi connectivity index (χ3n) is 3.50. The number of hydrogen-bond acceptors (Lipinski definition) is 4. The molecule has 0 bridgehead atoms. The standard InChI is InChI=1S/C17H13N3OS2/c1-11-19-14-10-13(7-8-15(14)22-11)20-23(21)16-6-2-4-12-5-3-9-18-17(12)16/h2-10,20H,1H3. The lowest BCUT2D eigenvalue weighted by Crippen LogP contribution is -2.05. The topological polar surface area (TPSA) is 54.9 Å². The summed E-state index contributed by atoms with van der Waals surface area (Å²) in [5.74, 6) is 0. The Labute approximate surface area is 139 Å². The van der Waals surface area contributed by atoms with Crippen LogP contribution in [0.15, 0.2) is 59.6 Å². The van der Waals surface area contributed by atoms with Crippen molar-refractivity contribution in [2.45, 2.75) is 11.8 Å². The molecule has 4 rings (SSSR count). The van der Waals surface area contributed by atoms with Crippen LogP contribution in [0, 0.1) is 6.92 Å². The van der Waals surface area contributed by atoms with E-state index in [1.807, 2.05) is 55.5 Å². The number of anilines is 1. The van der Waals surface area contributed by atoms with E-state index in [0.29, 0.717) is 4.90 Å². The lowest BCUT2D eigenvalue weighted by molar-refractivity contribution is 0.687. The largest absolute Gasteiger partial charge is 0.301 e. The first-order valence-electron chi connectivity index (χ1n) is 7.10. The summed E-state index contributed by atoms with van der Waals surface area (Å²) < 4.78 is 16.9. The number of thiazole rings is 1. The van der Waals surface area contributed by atoms with Crippen molar-refractivity contribution < 1.29 is 4.21 Å². The van der Waals surface area contributed by atoms with Crippen LogP contribution in [0.3, 0.4) is 0 Å². The Morgan fingerprint density at radius 2 is 2.00 bits per heavy atom. The van der Waals surface area contributed by atoms with Gasteiger partial charge in [0.2, 0.25) is 0 Å². The molecular formula is C17H13N3OS2. The van der Waals surface area contributed by atoms with Gasteiger partial charge in [0.1, 0.15) is 0 Å². The molecule has 0 saturated heterocycles. The Hall–Kier alpha value is -2.31. The third kappa shape index (κ3) is 2.71. The molecule has 0 aliphatic rings. The molecule has 4 aromatic rings. The summed E-state index contributed by atoms with van der Waals surface area (Å²) in [6.07, 6.45) is 1.72. The van der Waals surface area contributed by atoms with Gasteiger partial charge < -0.3 is 4.72 Å². The smallest absolute Gasteiger partial charge is 0.152 e. The lowest BCUT2D eigenvalue weighted by atomic mass is 10.2. The minimum atomic E-state index is -1.38. The molecule has 114 valence electrons. The molecule has 0 saturated carbocycles. The first-order chi connectivity index (χ1) is 11.2. The number of fused-ring (bicyclic) bond motifs is 2. The maximum Gasteiger partial charge on any atom is 0.152 e. The van der Waals surface area contributed by atoms with E-state index in [1.54, 1.807) is 17.5 Å². The molecule has 4 nitrogen and oxygen atoms in total. The van der Waals surface area contributed by atoms with Gasteiger partial charge in [-0.1, -0.05) is 18.2 Å². The summed E-state index contributed by atoms with van der Waals surface area (Å²) in [5.41, 5.74) is 2.46. The Morgan fingerprint density at radius 1 is 1.13 bits per heavy atom. The van der Waals surface area contributed by atoms with Crippen molar-refractivity contribution in [1.29, 1.82) is 0 Å². The molecule has 1 N–H and O–H groups in total. The van der Waals surface area contributed by atoms with Crippen LogP contribution in [0.1, 0.15) is 5.01 Å². The average molecular weight is 339 g/mol. The lowest BCUT2D eigenvalue weighted by Gasteiger charge is -2.08. The molecule has 2 aromatic heterocycles. The van der Waals surface area contributed by atoms with Crippen LogP contribution in [0.25, 0.3) is 21.1 Å². The second kappa shape index (κ2) is 5.72. The number of pyridine rings is 1. The molecule has 0 fully saturated rings. The molecule has 1 atom stereocenters. The summed E-state index contributed by atoms with van der Waals surface area (Å²) in [4.78, 5) is 9.50. The molecule has 0 spiro atoms. The van der Waals surface area contributed by atoms with Gasteiger partial charge in [-0.05, 0) is 37.3 Å². The minimum absolute atomic E-state index is 0.678. The molecule has 2 heterocycles. The van der Waals surface area contributed by atoms with Gasteiger partial charge in [-0.25, -0.2) is 9.19 Å². The predicted molar refractivity (Wildman–Crippen MR) is 96.1 cm³/mol. The van der Waals surface area contributed by atoms with E-state index in [1.165, 1.54) is 0 Å². The Morgan fingerprint density at radius 3 is 2.91 bits per heavy atom. The number of aromatic nitrogens is 2. The zero-order valence-electron chi connectivity index (χ0n) is 12.3. The van der Waals surface area contributed by atoms with E-state index in [0.717, 1.165) is 31.8 Å². The SMILES string of the molecule is Cc1nc2cc(NS(=O)c3cccc4cccnc34)ccc2s1. The fraction of sp³-hybridized carbons (Fsp3) is 0.0588. The van der Waals surface area contributed by atoms with Gasteiger partial charge >= 0.3 is 0 Å². The van der Waals surface area contributed by atoms with Gasteiger partial charge in [-0.3, -0.25) is 4.98 Å². The normalized spacial score (nSPS) is 12.6. The maximum absolute atomic E-state index is 12.7. The molecule has 1 unspecified atom stereocenters. The molecule has 23 heavy (non-hydrogen) atoms. The number of aryl methyl sites for hydroxylation is 1. The van der Waals surface area contributed by atoms with Crippen molar-refractivity contribution in [3.05, 3.63) is 59.7 Å². The highest BCUT2D eigenvalue weighted by molar-refractivity contribution is 7.86. The molecule has 2 aromatic carbocycles. The minimum Gasteiger partial charge on any atom is -0.301 e. The van der Waals surface area contributed by atoms with Crippen molar-refractivity contribution in [3.63, 3.8) is 0 Å². The number of hydrogen-bond donors (Lipinski definition) is 1. The summed E-state index contributed by atoms with van der Waals surface area (Å²) in [7, 11) is -1.38. The number of nitrogens with zero attached hydrogens (tertiary/aromatic N) is 2. The van der Waals surface area contributed by atoms with Gasteiger partial charge in [0.05, 0.1) is 25.6 Å². The predicted octanol–water partition coefficient (Wildman–Crippen LogP) is 4.29. The fourth-order valence-corrected chi connectivity index (χ4v) is 4.30. The second-order valence-electron chi connectivity index (χ2n) is 5.12. The Bertz CT molecular complexity index is 1040. The van der Waals surface area contributed by atoms with Crippen LogP contribution in [-0.4, -0.2) is 14.2 Å². The maximum atomic E-state index is 12.7. The number of rotatable bonds is 3. The Kier molecular flexibility index (Phi) is 3.55. The van der Waals surface area contributed by atoms with E-state index in [9.17, 15) is 4.21 Å². The summed E-state index contributed by atoms with van der Waals surface area (Å²) in [6, 6.07) is 15.4. The molecule has 6 heteroatoms. The molecule has 0 radical (unpaired) electrons. The van der Waals surface area contributed by atoms with Gasteiger partial charge in [0, 0.05) is 17.3 Å². The first kappa shape index (κ1) is 14.3. The number of para-hydroxylation sites is 1. The van der Waals surface area contributed by atoms with Gasteiger partial charge in [-0.15, -0.1) is 11.3 Å². The van der Waals surface area contributed by atoms with E-state index < -0.39 is 11.0 Å². The monoisotopic (exact) mass is 339 g/mol. The third-order valence-corrected chi connectivity index (χ3v) is 5.60. The van der Waals surface area contributed by atoms with Crippen LogP contribution < -0.4 is 4.72 Å². The second-order valence-corrected chi connectivity index (χ2v) is 7.53. The molecular weight excluding hydrogens is 326 g/mol. The highest BCUT2D eigenvalue weighted by Gasteiger charge is 2.10. The summed E-state index contributed by atoms with van der Waals surface area (Å²) in [5, 5.41) is 2.00. The van der Waals surface area contributed by atoms with Gasteiger partial charge in [-0.2, -0.15) is 0 Å².